The van der Waals surface area contributed by atoms with E-state index >= 15 is 0 Å². The first kappa shape index (κ1) is 19.6. The van der Waals surface area contributed by atoms with Gasteiger partial charge in [0.15, 0.2) is 0 Å². The fraction of sp³-hybridized carbons (Fsp3) is 0.579. The number of unbranched alkanes of at least 4 members (excludes halogenated alkanes) is 1. The summed E-state index contributed by atoms with van der Waals surface area (Å²) in [5, 5.41) is 0. The van der Waals surface area contributed by atoms with E-state index in [1.165, 1.54) is 5.57 Å². The van der Waals surface area contributed by atoms with Crippen LogP contribution in [-0.2, 0) is 9.59 Å². The number of hydrogen-bond donors (Lipinski definition) is 0. The Balaban J connectivity index is 0.000000384. The normalized spacial score (nSPS) is 25.3. The minimum Gasteiger partial charge on any atom is -0.303 e. The fourth-order valence-corrected chi connectivity index (χ4v) is 2.68. The zero-order valence-electron chi connectivity index (χ0n) is 13.9. The number of carbonyl (C=O) groups excluding carboxylic acids is 2. The third-order valence-electron chi connectivity index (χ3n) is 3.73. The first-order valence-electron chi connectivity index (χ1n) is 7.94. The van der Waals surface area contributed by atoms with Crippen molar-refractivity contribution >= 4 is 12.6 Å². The van der Waals surface area contributed by atoms with Crippen LogP contribution in [0.3, 0.4) is 0 Å². The molecule has 0 radical (unpaired) electrons. The maximum absolute atomic E-state index is 10.7. The van der Waals surface area contributed by atoms with Gasteiger partial charge in [0.1, 0.15) is 12.6 Å². The zero-order valence-corrected chi connectivity index (χ0v) is 13.9. The average Bonchev–Trinajstić information content (AvgIpc) is 2.43. The second kappa shape index (κ2) is 12.3. The molecular formula is C19H30O2. The molecular weight excluding hydrogens is 260 g/mol. The Labute approximate surface area is 130 Å². The molecule has 3 atom stereocenters. The molecule has 0 saturated heterocycles. The van der Waals surface area contributed by atoms with Crippen molar-refractivity contribution in [3.63, 3.8) is 0 Å². The predicted octanol–water partition coefficient (Wildman–Crippen LogP) is 4.91. The van der Waals surface area contributed by atoms with Gasteiger partial charge < -0.3 is 4.79 Å². The van der Waals surface area contributed by atoms with Crippen LogP contribution >= 0.6 is 0 Å². The lowest BCUT2D eigenvalue weighted by atomic mass is 9.76. The summed E-state index contributed by atoms with van der Waals surface area (Å²) in [4.78, 5) is 20.4. The van der Waals surface area contributed by atoms with Crippen LogP contribution in [0.5, 0.6) is 0 Å². The van der Waals surface area contributed by atoms with Crippen molar-refractivity contribution in [2.24, 2.45) is 17.8 Å². The van der Waals surface area contributed by atoms with E-state index in [1.54, 1.807) is 6.08 Å². The Morgan fingerprint density at radius 2 is 1.81 bits per heavy atom. The van der Waals surface area contributed by atoms with Gasteiger partial charge in [-0.25, -0.2) is 0 Å². The Hall–Kier alpha value is -1.44. The SMILES string of the molecule is CC1=CC(C)C(C=O)C(C)C1.CCC=CCCC=CC=O. The van der Waals surface area contributed by atoms with Crippen molar-refractivity contribution < 1.29 is 9.59 Å². The van der Waals surface area contributed by atoms with E-state index in [4.69, 9.17) is 0 Å². The van der Waals surface area contributed by atoms with Crippen LogP contribution in [0.4, 0.5) is 0 Å². The lowest BCUT2D eigenvalue weighted by molar-refractivity contribution is -0.113. The summed E-state index contributed by atoms with van der Waals surface area (Å²) in [5.74, 6) is 1.22. The van der Waals surface area contributed by atoms with Crippen molar-refractivity contribution in [1.82, 2.24) is 0 Å². The molecule has 0 fully saturated rings. The highest BCUT2D eigenvalue weighted by Crippen LogP contribution is 2.31. The van der Waals surface area contributed by atoms with Gasteiger partial charge in [0.25, 0.3) is 0 Å². The molecule has 0 aromatic heterocycles. The Morgan fingerprint density at radius 1 is 1.14 bits per heavy atom. The zero-order chi connectivity index (χ0) is 16.1. The largest absolute Gasteiger partial charge is 0.303 e. The van der Waals surface area contributed by atoms with Crippen LogP contribution in [0.25, 0.3) is 0 Å². The predicted molar refractivity (Wildman–Crippen MR) is 90.1 cm³/mol. The molecule has 2 heteroatoms. The number of allylic oxidation sites excluding steroid dienone is 6. The van der Waals surface area contributed by atoms with Crippen LogP contribution in [-0.4, -0.2) is 12.6 Å². The summed E-state index contributed by atoms with van der Waals surface area (Å²) in [7, 11) is 0. The summed E-state index contributed by atoms with van der Waals surface area (Å²) in [6.07, 6.45) is 16.0. The topological polar surface area (TPSA) is 34.1 Å². The molecule has 0 heterocycles. The maximum Gasteiger partial charge on any atom is 0.142 e. The highest BCUT2D eigenvalue weighted by Gasteiger charge is 2.25. The van der Waals surface area contributed by atoms with Gasteiger partial charge >= 0.3 is 0 Å². The Morgan fingerprint density at radius 3 is 2.33 bits per heavy atom. The van der Waals surface area contributed by atoms with E-state index in [2.05, 4.69) is 45.9 Å². The standard InChI is InChI=1S/C10H16O.C9H14O/c1-7-4-8(2)10(6-11)9(3)5-7;1-2-3-4-5-6-7-8-9-10/h4,6,8-10H,5H2,1-3H3;3-4,7-9H,2,5-6H2,1H3. The van der Waals surface area contributed by atoms with Crippen molar-refractivity contribution in [2.45, 2.75) is 53.4 Å². The second-order valence-electron chi connectivity index (χ2n) is 5.79. The molecule has 0 aromatic rings. The molecule has 0 aliphatic heterocycles. The van der Waals surface area contributed by atoms with E-state index in [-0.39, 0.29) is 5.92 Å². The van der Waals surface area contributed by atoms with Gasteiger partial charge in [-0.2, -0.15) is 0 Å². The fourth-order valence-electron chi connectivity index (χ4n) is 2.68. The smallest absolute Gasteiger partial charge is 0.142 e. The van der Waals surface area contributed by atoms with Gasteiger partial charge in [-0.15, -0.1) is 0 Å². The number of rotatable bonds is 6. The molecule has 1 rings (SSSR count). The quantitative estimate of drug-likeness (QED) is 0.301. The van der Waals surface area contributed by atoms with Crippen molar-refractivity contribution in [2.75, 3.05) is 0 Å². The number of aldehydes is 2. The van der Waals surface area contributed by atoms with Crippen molar-refractivity contribution in [3.05, 3.63) is 36.0 Å². The highest BCUT2D eigenvalue weighted by molar-refractivity contribution is 5.64. The summed E-state index contributed by atoms with van der Waals surface area (Å²) in [6.45, 7) is 8.54. The third kappa shape index (κ3) is 9.17. The average molecular weight is 290 g/mol. The summed E-state index contributed by atoms with van der Waals surface area (Å²) in [5.41, 5.74) is 1.43. The monoisotopic (exact) mass is 290 g/mol. The van der Waals surface area contributed by atoms with E-state index < -0.39 is 0 Å². The van der Waals surface area contributed by atoms with E-state index in [9.17, 15) is 9.59 Å². The van der Waals surface area contributed by atoms with E-state index in [0.717, 1.165) is 38.3 Å². The highest BCUT2D eigenvalue weighted by atomic mass is 16.1. The van der Waals surface area contributed by atoms with Gasteiger partial charge in [0.2, 0.25) is 0 Å². The Kier molecular flexibility index (Phi) is 11.5. The molecule has 21 heavy (non-hydrogen) atoms. The Bertz CT molecular complexity index is 377. The van der Waals surface area contributed by atoms with Crippen LogP contribution in [0, 0.1) is 17.8 Å². The van der Waals surface area contributed by atoms with Gasteiger partial charge in [-0.1, -0.05) is 50.6 Å². The summed E-state index contributed by atoms with van der Waals surface area (Å²) < 4.78 is 0. The molecule has 0 aromatic carbocycles. The summed E-state index contributed by atoms with van der Waals surface area (Å²) in [6, 6.07) is 0. The van der Waals surface area contributed by atoms with Crippen molar-refractivity contribution in [3.8, 4) is 0 Å². The molecule has 3 unspecified atom stereocenters. The first-order valence-corrected chi connectivity index (χ1v) is 7.94. The van der Waals surface area contributed by atoms with Crippen LogP contribution < -0.4 is 0 Å². The maximum atomic E-state index is 10.7. The molecule has 1 aliphatic rings. The number of hydrogen-bond acceptors (Lipinski definition) is 2. The van der Waals surface area contributed by atoms with Gasteiger partial charge in [0.05, 0.1) is 0 Å². The van der Waals surface area contributed by atoms with Crippen LogP contribution in [0.1, 0.15) is 53.4 Å². The molecule has 0 amide bonds. The molecule has 0 saturated carbocycles. The molecule has 0 bridgehead atoms. The lowest BCUT2D eigenvalue weighted by Gasteiger charge is -2.28. The molecule has 118 valence electrons. The van der Waals surface area contributed by atoms with Crippen molar-refractivity contribution in [1.29, 1.82) is 0 Å². The lowest BCUT2D eigenvalue weighted by Crippen LogP contribution is -2.24. The van der Waals surface area contributed by atoms with Gasteiger partial charge in [-0.05, 0) is 50.5 Å². The molecule has 2 nitrogen and oxygen atoms in total. The van der Waals surface area contributed by atoms with Crippen LogP contribution in [0.2, 0.25) is 0 Å². The molecule has 1 aliphatic carbocycles. The molecule has 0 N–H and O–H groups in total. The van der Waals surface area contributed by atoms with Gasteiger partial charge in [-0.3, -0.25) is 4.79 Å². The third-order valence-corrected chi connectivity index (χ3v) is 3.73. The minimum atomic E-state index is 0.249. The summed E-state index contributed by atoms with van der Waals surface area (Å²) >= 11 is 0. The van der Waals surface area contributed by atoms with E-state index in [1.807, 2.05) is 6.08 Å². The van der Waals surface area contributed by atoms with E-state index in [0.29, 0.717) is 11.8 Å². The second-order valence-corrected chi connectivity index (χ2v) is 5.79. The minimum absolute atomic E-state index is 0.249. The van der Waals surface area contributed by atoms with Crippen LogP contribution in [0.15, 0.2) is 36.0 Å². The number of carbonyl (C=O) groups is 2. The van der Waals surface area contributed by atoms with Gasteiger partial charge in [0, 0.05) is 5.92 Å². The first-order chi connectivity index (χ1) is 10.1. The molecule has 0 spiro atoms.